The first-order chi connectivity index (χ1) is 11.1. The van der Waals surface area contributed by atoms with E-state index in [1.807, 2.05) is 19.9 Å². The molecule has 2 aromatic rings. The Bertz CT molecular complexity index is 908. The molecule has 0 aliphatic carbocycles. The van der Waals surface area contributed by atoms with Gasteiger partial charge < -0.3 is 0 Å². The van der Waals surface area contributed by atoms with Crippen LogP contribution in [0.25, 0.3) is 0 Å². The molecule has 0 fully saturated rings. The van der Waals surface area contributed by atoms with E-state index in [9.17, 15) is 21.6 Å². The number of nitrogens with zero attached hydrogens (tertiary/aromatic N) is 2. The van der Waals surface area contributed by atoms with Gasteiger partial charge in [-0.3, -0.25) is 9.29 Å². The predicted octanol–water partition coefficient (Wildman–Crippen LogP) is 3.47. The Morgan fingerprint density at radius 1 is 1.17 bits per heavy atom. The highest BCUT2D eigenvalue weighted by molar-refractivity contribution is 7.93. The monoisotopic (exact) mass is 356 g/mol. The summed E-state index contributed by atoms with van der Waals surface area (Å²) in [5, 5.41) is 0. The van der Waals surface area contributed by atoms with E-state index in [1.54, 1.807) is 6.07 Å². The molecule has 24 heavy (non-hydrogen) atoms. The summed E-state index contributed by atoms with van der Waals surface area (Å²) in [6.07, 6.45) is -3.43. The van der Waals surface area contributed by atoms with E-state index in [2.05, 4.69) is 4.98 Å². The van der Waals surface area contributed by atoms with Gasteiger partial charge in [0, 0.05) is 12.7 Å². The van der Waals surface area contributed by atoms with Crippen molar-refractivity contribution in [1.82, 2.24) is 4.98 Å². The molecule has 128 valence electrons. The van der Waals surface area contributed by atoms with Crippen LogP contribution in [0.1, 0.15) is 22.4 Å². The maximum absolute atomic E-state index is 13.1. The van der Waals surface area contributed by atoms with Gasteiger partial charge in [-0.05, 0) is 55.2 Å². The second kappa shape index (κ2) is 5.47. The Balaban J connectivity index is 2.15. The van der Waals surface area contributed by atoms with Gasteiger partial charge >= 0.3 is 6.18 Å². The zero-order valence-corrected chi connectivity index (χ0v) is 13.9. The summed E-state index contributed by atoms with van der Waals surface area (Å²) in [5.74, 6) is 0. The molecule has 1 aromatic heterocycles. The van der Waals surface area contributed by atoms with Gasteiger partial charge in [0.2, 0.25) is 0 Å². The zero-order chi connectivity index (χ0) is 17.7. The molecule has 4 nitrogen and oxygen atoms in total. The zero-order valence-electron chi connectivity index (χ0n) is 13.1. The lowest BCUT2D eigenvalue weighted by molar-refractivity contribution is -0.143. The van der Waals surface area contributed by atoms with Gasteiger partial charge in [-0.25, -0.2) is 8.42 Å². The molecule has 2 heterocycles. The lowest BCUT2D eigenvalue weighted by atomic mass is 10.0. The van der Waals surface area contributed by atoms with Crippen LogP contribution in [-0.4, -0.2) is 19.9 Å². The van der Waals surface area contributed by atoms with Crippen LogP contribution in [0, 0.1) is 13.8 Å². The number of aromatic nitrogens is 1. The fraction of sp³-hybridized carbons (Fsp3) is 0.312. The highest BCUT2D eigenvalue weighted by Crippen LogP contribution is 2.38. The largest absolute Gasteiger partial charge is 0.434 e. The first kappa shape index (κ1) is 16.8. The number of benzene rings is 1. The summed E-state index contributed by atoms with van der Waals surface area (Å²) in [6.45, 7) is 3.87. The van der Waals surface area contributed by atoms with Crippen LogP contribution >= 0.6 is 0 Å². The summed E-state index contributed by atoms with van der Waals surface area (Å²) >= 11 is 0. The summed E-state index contributed by atoms with van der Waals surface area (Å²) in [5.41, 5.74) is 1.78. The number of fused-ring (bicyclic) bond motifs is 1. The number of hydrogen-bond donors (Lipinski definition) is 0. The fourth-order valence-corrected chi connectivity index (χ4v) is 4.48. The Morgan fingerprint density at radius 2 is 1.83 bits per heavy atom. The molecular formula is C16H15F3N2O2S. The van der Waals surface area contributed by atoms with Crippen LogP contribution in [0.3, 0.4) is 0 Å². The van der Waals surface area contributed by atoms with Crippen molar-refractivity contribution >= 4 is 15.7 Å². The molecule has 0 unspecified atom stereocenters. The first-order valence-electron chi connectivity index (χ1n) is 7.27. The minimum absolute atomic E-state index is 0.118. The third-order valence-corrected chi connectivity index (χ3v) is 6.00. The molecule has 8 heteroatoms. The highest BCUT2D eigenvalue weighted by atomic mass is 32.2. The van der Waals surface area contributed by atoms with Gasteiger partial charge in [-0.2, -0.15) is 13.2 Å². The smallest absolute Gasteiger partial charge is 0.266 e. The van der Waals surface area contributed by atoms with Crippen molar-refractivity contribution in [1.29, 1.82) is 0 Å². The van der Waals surface area contributed by atoms with E-state index in [0.29, 0.717) is 12.1 Å². The number of sulfonamides is 1. The Labute approximate surface area is 138 Å². The Kier molecular flexibility index (Phi) is 3.82. The van der Waals surface area contributed by atoms with Crippen LogP contribution in [0.2, 0.25) is 0 Å². The van der Waals surface area contributed by atoms with Crippen molar-refractivity contribution in [3.8, 4) is 0 Å². The lowest BCUT2D eigenvalue weighted by Crippen LogP contribution is -2.31. The summed E-state index contributed by atoms with van der Waals surface area (Å²) in [4.78, 5) is 2.43. The lowest BCUT2D eigenvalue weighted by Gasteiger charge is -2.22. The van der Waals surface area contributed by atoms with E-state index in [4.69, 9.17) is 0 Å². The van der Waals surface area contributed by atoms with Gasteiger partial charge in [0.1, 0.15) is 4.90 Å². The molecule has 0 amide bonds. The highest BCUT2D eigenvalue weighted by Gasteiger charge is 2.42. The minimum atomic E-state index is -4.84. The Hall–Kier alpha value is -2.09. The second-order valence-electron chi connectivity index (χ2n) is 5.74. The van der Waals surface area contributed by atoms with Crippen LogP contribution in [0.15, 0.2) is 35.4 Å². The first-order valence-corrected chi connectivity index (χ1v) is 8.71. The minimum Gasteiger partial charge on any atom is -0.266 e. The van der Waals surface area contributed by atoms with E-state index in [-0.39, 0.29) is 6.54 Å². The SMILES string of the molecule is Cc1cc2c(cc1C)N(S(=O)(=O)c1cccnc1C(F)(F)F)CC2. The van der Waals surface area contributed by atoms with Gasteiger partial charge in [-0.1, -0.05) is 6.07 Å². The molecule has 1 aromatic carbocycles. The van der Waals surface area contributed by atoms with Crippen LogP contribution in [0.4, 0.5) is 18.9 Å². The van der Waals surface area contributed by atoms with Crippen molar-refractivity contribution in [3.05, 3.63) is 52.8 Å². The maximum atomic E-state index is 13.1. The van der Waals surface area contributed by atoms with Crippen LogP contribution in [-0.2, 0) is 22.6 Å². The molecule has 0 atom stereocenters. The number of rotatable bonds is 2. The van der Waals surface area contributed by atoms with E-state index in [1.165, 1.54) is 6.07 Å². The summed E-state index contributed by atoms with van der Waals surface area (Å²) in [6, 6.07) is 5.73. The van der Waals surface area contributed by atoms with Crippen molar-refractivity contribution in [2.45, 2.75) is 31.3 Å². The van der Waals surface area contributed by atoms with Crippen molar-refractivity contribution in [3.63, 3.8) is 0 Å². The number of aryl methyl sites for hydroxylation is 2. The van der Waals surface area contributed by atoms with Gasteiger partial charge in [0.15, 0.2) is 5.69 Å². The van der Waals surface area contributed by atoms with Gasteiger partial charge in [0.25, 0.3) is 10.0 Å². The van der Waals surface area contributed by atoms with E-state index in [0.717, 1.165) is 33.3 Å². The number of halogens is 3. The van der Waals surface area contributed by atoms with E-state index < -0.39 is 26.8 Å². The number of anilines is 1. The standard InChI is InChI=1S/C16H15F3N2O2S/c1-10-8-12-5-7-21(13(12)9-11(10)2)24(22,23)14-4-3-6-20-15(14)16(17,18)19/h3-4,6,8-9H,5,7H2,1-2H3. The molecule has 3 rings (SSSR count). The third-order valence-electron chi connectivity index (χ3n) is 4.16. The Morgan fingerprint density at radius 3 is 2.50 bits per heavy atom. The van der Waals surface area contributed by atoms with Gasteiger partial charge in [0.05, 0.1) is 5.69 Å². The van der Waals surface area contributed by atoms with Crippen molar-refractivity contribution < 1.29 is 21.6 Å². The van der Waals surface area contributed by atoms with E-state index >= 15 is 0 Å². The number of alkyl halides is 3. The molecule has 0 radical (unpaired) electrons. The number of pyridine rings is 1. The molecule has 0 saturated heterocycles. The maximum Gasteiger partial charge on any atom is 0.434 e. The molecule has 0 spiro atoms. The molecule has 0 saturated carbocycles. The summed E-state index contributed by atoms with van der Waals surface area (Å²) in [7, 11) is -4.34. The normalized spacial score (nSPS) is 14.8. The average molecular weight is 356 g/mol. The molecule has 1 aliphatic heterocycles. The fourth-order valence-electron chi connectivity index (χ4n) is 2.82. The molecule has 0 N–H and O–H groups in total. The van der Waals surface area contributed by atoms with Crippen molar-refractivity contribution in [2.75, 3.05) is 10.8 Å². The van der Waals surface area contributed by atoms with Crippen molar-refractivity contribution in [2.24, 2.45) is 0 Å². The van der Waals surface area contributed by atoms with Gasteiger partial charge in [-0.15, -0.1) is 0 Å². The predicted molar refractivity (Wildman–Crippen MR) is 83.4 cm³/mol. The average Bonchev–Trinajstić information content (AvgIpc) is 2.90. The van der Waals surface area contributed by atoms with Crippen LogP contribution in [0.5, 0.6) is 0 Å². The third kappa shape index (κ3) is 2.64. The molecular weight excluding hydrogens is 341 g/mol. The topological polar surface area (TPSA) is 50.3 Å². The number of hydrogen-bond acceptors (Lipinski definition) is 3. The second-order valence-corrected chi connectivity index (χ2v) is 7.57. The molecule has 0 bridgehead atoms. The van der Waals surface area contributed by atoms with Crippen LogP contribution < -0.4 is 4.31 Å². The quantitative estimate of drug-likeness (QED) is 0.828. The summed E-state index contributed by atoms with van der Waals surface area (Å²) < 4.78 is 66.1. The molecule has 1 aliphatic rings.